The summed E-state index contributed by atoms with van der Waals surface area (Å²) < 4.78 is 40.3. The van der Waals surface area contributed by atoms with Crippen LogP contribution in [0.25, 0.3) is 0 Å². The molecule has 0 heterocycles. The number of benzene rings is 2. The third kappa shape index (κ3) is 5.55. The van der Waals surface area contributed by atoms with Crippen molar-refractivity contribution in [2.24, 2.45) is 0 Å². The van der Waals surface area contributed by atoms with E-state index in [1.165, 1.54) is 30.3 Å². The van der Waals surface area contributed by atoms with Gasteiger partial charge in [0.05, 0.1) is 10.1 Å². The summed E-state index contributed by atoms with van der Waals surface area (Å²) in [6.45, 7) is 5.15. The van der Waals surface area contributed by atoms with Crippen LogP contribution in [-0.2, 0) is 14.8 Å². The van der Waals surface area contributed by atoms with Gasteiger partial charge in [0.15, 0.2) is 0 Å². The van der Waals surface area contributed by atoms with E-state index in [0.717, 1.165) is 11.8 Å². The molecule has 5 nitrogen and oxygen atoms in total. The van der Waals surface area contributed by atoms with Crippen molar-refractivity contribution >= 4 is 33.4 Å². The molecule has 2 aromatic rings. The van der Waals surface area contributed by atoms with Crippen LogP contribution in [0, 0.1) is 5.82 Å². The van der Waals surface area contributed by atoms with E-state index in [1.54, 1.807) is 39.0 Å². The Balaban J connectivity index is 2.02. The molecule has 0 radical (unpaired) electrons. The minimum atomic E-state index is -3.58. The Morgan fingerprint density at radius 1 is 1.04 bits per heavy atom. The van der Waals surface area contributed by atoms with Gasteiger partial charge in [-0.3, -0.25) is 4.79 Å². The number of sulfonamides is 1. The lowest BCUT2D eigenvalue weighted by Gasteiger charge is -2.13. The van der Waals surface area contributed by atoms with Crippen molar-refractivity contribution in [2.45, 2.75) is 41.9 Å². The Kier molecular flexibility index (Phi) is 6.80. The third-order valence-electron chi connectivity index (χ3n) is 3.33. The number of anilines is 1. The topological polar surface area (TPSA) is 75.3 Å². The van der Waals surface area contributed by atoms with E-state index in [-0.39, 0.29) is 22.7 Å². The Hall–Kier alpha value is -1.90. The normalized spacial score (nSPS) is 12.8. The second-order valence-corrected chi connectivity index (χ2v) is 9.08. The van der Waals surface area contributed by atoms with Gasteiger partial charge in [0, 0.05) is 16.6 Å². The molecule has 140 valence electrons. The highest BCUT2D eigenvalue weighted by molar-refractivity contribution is 8.00. The van der Waals surface area contributed by atoms with Crippen LogP contribution < -0.4 is 10.0 Å². The summed E-state index contributed by atoms with van der Waals surface area (Å²) in [5.41, 5.74) is 0.472. The van der Waals surface area contributed by atoms with Crippen LogP contribution in [0.5, 0.6) is 0 Å². The number of rotatable bonds is 7. The van der Waals surface area contributed by atoms with Gasteiger partial charge in [-0.15, -0.1) is 11.8 Å². The summed E-state index contributed by atoms with van der Waals surface area (Å²) in [6.07, 6.45) is 0. The van der Waals surface area contributed by atoms with Gasteiger partial charge >= 0.3 is 0 Å². The molecule has 2 rings (SSSR count). The average molecular weight is 397 g/mol. The lowest BCUT2D eigenvalue weighted by Crippen LogP contribution is -2.30. The number of thioether (sulfide) groups is 1. The zero-order chi connectivity index (χ0) is 19.3. The third-order valence-corrected chi connectivity index (χ3v) is 6.16. The molecule has 0 aliphatic rings. The predicted molar refractivity (Wildman–Crippen MR) is 102 cm³/mol. The fraction of sp³-hybridized carbons (Fsp3) is 0.278. The number of hydrogen-bond acceptors (Lipinski definition) is 4. The van der Waals surface area contributed by atoms with Gasteiger partial charge in [-0.05, 0) is 57.2 Å². The minimum Gasteiger partial charge on any atom is -0.325 e. The fourth-order valence-electron chi connectivity index (χ4n) is 2.12. The van der Waals surface area contributed by atoms with Crippen molar-refractivity contribution in [3.8, 4) is 0 Å². The molecule has 1 amide bonds. The van der Waals surface area contributed by atoms with Crippen molar-refractivity contribution in [1.82, 2.24) is 4.72 Å². The number of amides is 1. The van der Waals surface area contributed by atoms with E-state index >= 15 is 0 Å². The van der Waals surface area contributed by atoms with Gasteiger partial charge < -0.3 is 5.32 Å². The molecule has 0 saturated heterocycles. The highest BCUT2D eigenvalue weighted by Crippen LogP contribution is 2.26. The number of halogens is 1. The van der Waals surface area contributed by atoms with Crippen molar-refractivity contribution in [3.63, 3.8) is 0 Å². The van der Waals surface area contributed by atoms with Gasteiger partial charge in [-0.25, -0.2) is 17.5 Å². The smallest absolute Gasteiger partial charge is 0.240 e. The quantitative estimate of drug-likeness (QED) is 0.701. The summed E-state index contributed by atoms with van der Waals surface area (Å²) in [4.78, 5) is 12.8. The van der Waals surface area contributed by atoms with Gasteiger partial charge in [0.1, 0.15) is 5.82 Å². The summed E-state index contributed by atoms with van der Waals surface area (Å²) in [5.74, 6) is -0.668. The maximum atomic E-state index is 13.7. The first-order valence-corrected chi connectivity index (χ1v) is 10.4. The Morgan fingerprint density at radius 3 is 2.23 bits per heavy atom. The van der Waals surface area contributed by atoms with Crippen molar-refractivity contribution in [2.75, 3.05) is 5.32 Å². The number of nitrogens with one attached hydrogen (secondary N) is 2. The lowest BCUT2D eigenvalue weighted by atomic mass is 10.3. The minimum absolute atomic E-state index is 0.123. The van der Waals surface area contributed by atoms with Crippen LogP contribution in [0.1, 0.15) is 20.8 Å². The number of carbonyl (C=O) groups is 1. The first kappa shape index (κ1) is 20.4. The van der Waals surface area contributed by atoms with Crippen LogP contribution in [0.3, 0.4) is 0 Å². The highest BCUT2D eigenvalue weighted by atomic mass is 32.2. The number of carbonyl (C=O) groups excluding carboxylic acids is 1. The molecule has 0 fully saturated rings. The zero-order valence-electron chi connectivity index (χ0n) is 14.7. The summed E-state index contributed by atoms with van der Waals surface area (Å²) in [5, 5.41) is 2.19. The highest BCUT2D eigenvalue weighted by Gasteiger charge is 2.18. The molecule has 26 heavy (non-hydrogen) atoms. The molecule has 8 heteroatoms. The zero-order valence-corrected chi connectivity index (χ0v) is 16.3. The van der Waals surface area contributed by atoms with Crippen LogP contribution in [-0.4, -0.2) is 25.6 Å². The van der Waals surface area contributed by atoms with Gasteiger partial charge in [-0.2, -0.15) is 0 Å². The van der Waals surface area contributed by atoms with Crippen molar-refractivity contribution in [1.29, 1.82) is 0 Å². The molecule has 0 saturated carbocycles. The average Bonchev–Trinajstić information content (AvgIpc) is 2.56. The van der Waals surface area contributed by atoms with Gasteiger partial charge in [-0.1, -0.05) is 12.1 Å². The van der Waals surface area contributed by atoms with Gasteiger partial charge in [0.25, 0.3) is 0 Å². The van der Waals surface area contributed by atoms with Crippen molar-refractivity contribution < 1.29 is 17.6 Å². The predicted octanol–water partition coefficient (Wildman–Crippen LogP) is 3.63. The Morgan fingerprint density at radius 2 is 1.65 bits per heavy atom. The summed E-state index contributed by atoms with van der Waals surface area (Å²) in [6, 6.07) is 11.9. The molecule has 2 N–H and O–H groups in total. The second-order valence-electron chi connectivity index (χ2n) is 5.98. The number of hydrogen-bond donors (Lipinski definition) is 2. The molecule has 0 spiro atoms. The fourth-order valence-corrected chi connectivity index (χ4v) is 4.26. The van der Waals surface area contributed by atoms with E-state index in [1.807, 2.05) is 0 Å². The summed E-state index contributed by atoms with van der Waals surface area (Å²) >= 11 is 1.12. The monoisotopic (exact) mass is 396 g/mol. The Bertz CT molecular complexity index is 868. The first-order valence-electron chi connectivity index (χ1n) is 8.03. The maximum Gasteiger partial charge on any atom is 0.240 e. The van der Waals surface area contributed by atoms with Gasteiger partial charge in [0.2, 0.25) is 15.9 Å². The molecule has 0 bridgehead atoms. The van der Waals surface area contributed by atoms with Crippen LogP contribution in [0.2, 0.25) is 0 Å². The van der Waals surface area contributed by atoms with E-state index in [2.05, 4.69) is 10.0 Å². The molecule has 0 aromatic heterocycles. The molecule has 0 aliphatic carbocycles. The molecule has 2 aromatic carbocycles. The summed E-state index contributed by atoms with van der Waals surface area (Å²) in [7, 11) is -3.58. The standard InChI is InChI=1S/C18H21FN2O3S2/c1-12(2)21-26(23,24)15-10-8-14(9-11-15)20-18(22)13(3)25-17-7-5-4-6-16(17)19/h4-13,21H,1-3H3,(H,20,22)/t13-/m0/s1. The molecule has 0 unspecified atom stereocenters. The first-order chi connectivity index (χ1) is 12.2. The molecular weight excluding hydrogens is 375 g/mol. The van der Waals surface area contributed by atoms with E-state index < -0.39 is 15.3 Å². The Labute approximate surface area is 157 Å². The largest absolute Gasteiger partial charge is 0.325 e. The molecular formula is C18H21FN2O3S2. The van der Waals surface area contributed by atoms with Crippen LogP contribution >= 0.6 is 11.8 Å². The van der Waals surface area contributed by atoms with Crippen molar-refractivity contribution in [3.05, 3.63) is 54.3 Å². The van der Waals surface area contributed by atoms with E-state index in [0.29, 0.717) is 10.6 Å². The maximum absolute atomic E-state index is 13.7. The molecule has 1 atom stereocenters. The SMILES string of the molecule is CC(C)NS(=O)(=O)c1ccc(NC(=O)[C@H](C)Sc2ccccc2F)cc1. The second kappa shape index (κ2) is 8.66. The van der Waals surface area contributed by atoms with Crippen LogP contribution in [0.4, 0.5) is 10.1 Å². The molecule has 0 aliphatic heterocycles. The van der Waals surface area contributed by atoms with E-state index in [9.17, 15) is 17.6 Å². The van der Waals surface area contributed by atoms with E-state index in [4.69, 9.17) is 0 Å². The lowest BCUT2D eigenvalue weighted by molar-refractivity contribution is -0.115. The van der Waals surface area contributed by atoms with Crippen LogP contribution in [0.15, 0.2) is 58.3 Å².